The monoisotopic (exact) mass is 586 g/mol. The highest BCUT2D eigenvalue weighted by atomic mass is 32.1. The van der Waals surface area contributed by atoms with E-state index in [2.05, 4.69) is 4.98 Å². The van der Waals surface area contributed by atoms with Crippen molar-refractivity contribution in [2.75, 3.05) is 6.61 Å². The van der Waals surface area contributed by atoms with E-state index in [1.165, 1.54) is 10.8 Å². The maximum absolute atomic E-state index is 13.2. The number of nitrogens with zero attached hydrogens (tertiary/aromatic N) is 1. The number of rotatable bonds is 8. The van der Waals surface area contributed by atoms with Gasteiger partial charge < -0.3 is 18.9 Å². The van der Waals surface area contributed by atoms with Crippen LogP contribution < -0.4 is 5.56 Å². The fraction of sp³-hybridized carbons (Fsp3) is 0.194. The van der Waals surface area contributed by atoms with Crippen molar-refractivity contribution in [3.05, 3.63) is 135 Å². The van der Waals surface area contributed by atoms with E-state index in [1.807, 2.05) is 0 Å². The molecule has 1 fully saturated rings. The molecule has 11 heteroatoms. The van der Waals surface area contributed by atoms with E-state index >= 15 is 0 Å². The molecule has 0 saturated carbocycles. The second kappa shape index (κ2) is 12.8. The third-order valence-electron chi connectivity index (χ3n) is 6.60. The molecule has 0 spiro atoms. The van der Waals surface area contributed by atoms with Gasteiger partial charge in [0.2, 0.25) is 0 Å². The van der Waals surface area contributed by atoms with E-state index in [-0.39, 0.29) is 22.5 Å². The summed E-state index contributed by atoms with van der Waals surface area (Å²) in [6, 6.07) is 24.9. The average Bonchev–Trinajstić information content (AvgIpc) is 3.34. The Labute approximate surface area is 245 Å². The van der Waals surface area contributed by atoms with Crippen LogP contribution in [-0.4, -0.2) is 52.4 Å². The lowest BCUT2D eigenvalue weighted by atomic mass is 10.1. The Hall–Kier alpha value is -4.87. The molecular weight excluding hydrogens is 560 g/mol. The summed E-state index contributed by atoms with van der Waals surface area (Å²) in [5.74, 6) is -2.03. The van der Waals surface area contributed by atoms with Gasteiger partial charge in [0.1, 0.15) is 12.7 Å². The molecule has 0 aliphatic carbocycles. The van der Waals surface area contributed by atoms with Crippen LogP contribution in [0.25, 0.3) is 0 Å². The maximum atomic E-state index is 13.2. The molecule has 4 aromatic rings. The van der Waals surface area contributed by atoms with Crippen molar-refractivity contribution in [3.63, 3.8) is 0 Å². The summed E-state index contributed by atoms with van der Waals surface area (Å²) in [7, 11) is 0. The molecule has 1 aliphatic heterocycles. The molecule has 0 amide bonds. The average molecular weight is 587 g/mol. The molecule has 4 atom stereocenters. The number of aryl methyl sites for hydroxylation is 1. The van der Waals surface area contributed by atoms with Gasteiger partial charge in [-0.15, -0.1) is 0 Å². The zero-order valence-corrected chi connectivity index (χ0v) is 23.2. The third kappa shape index (κ3) is 6.37. The lowest BCUT2D eigenvalue weighted by molar-refractivity contribution is -0.0633. The molecule has 2 heterocycles. The van der Waals surface area contributed by atoms with E-state index in [0.29, 0.717) is 11.1 Å². The van der Waals surface area contributed by atoms with Gasteiger partial charge in [-0.1, -0.05) is 54.6 Å². The summed E-state index contributed by atoms with van der Waals surface area (Å²) in [5.41, 5.74) is 0.746. The Morgan fingerprint density at radius 2 is 1.26 bits per heavy atom. The number of hydrogen-bond acceptors (Lipinski definition) is 9. The number of carbonyl (C=O) groups excluding carboxylic acids is 3. The zero-order valence-electron chi connectivity index (χ0n) is 22.4. The molecule has 1 aliphatic rings. The summed E-state index contributed by atoms with van der Waals surface area (Å²) in [4.78, 5) is 54.0. The second-order valence-electron chi connectivity index (χ2n) is 9.48. The third-order valence-corrected chi connectivity index (χ3v) is 6.91. The van der Waals surface area contributed by atoms with Crippen LogP contribution in [-0.2, 0) is 18.9 Å². The predicted octanol–water partition coefficient (Wildman–Crippen LogP) is 4.42. The Bertz CT molecular complexity index is 1690. The molecule has 42 heavy (non-hydrogen) atoms. The largest absolute Gasteiger partial charge is 0.459 e. The van der Waals surface area contributed by atoms with Gasteiger partial charge in [-0.25, -0.2) is 14.4 Å². The van der Waals surface area contributed by atoms with Crippen molar-refractivity contribution in [1.82, 2.24) is 9.55 Å². The number of hydrogen-bond donors (Lipinski definition) is 1. The smallest absolute Gasteiger partial charge is 0.338 e. The first-order chi connectivity index (χ1) is 20.3. The van der Waals surface area contributed by atoms with E-state index in [0.717, 1.165) is 0 Å². The van der Waals surface area contributed by atoms with Crippen LogP contribution in [0.4, 0.5) is 0 Å². The highest BCUT2D eigenvalue weighted by Crippen LogP contribution is 2.35. The van der Waals surface area contributed by atoms with Crippen LogP contribution in [0.3, 0.4) is 0 Å². The molecule has 10 nitrogen and oxygen atoms in total. The number of nitrogens with one attached hydrogen (secondary N) is 1. The molecule has 3 aromatic carbocycles. The Morgan fingerprint density at radius 3 is 1.79 bits per heavy atom. The van der Waals surface area contributed by atoms with Crippen molar-refractivity contribution in [2.45, 2.75) is 31.5 Å². The van der Waals surface area contributed by atoms with Crippen LogP contribution in [0.5, 0.6) is 0 Å². The number of benzene rings is 3. The molecule has 214 valence electrons. The summed E-state index contributed by atoms with van der Waals surface area (Å²) >= 11 is 5.40. The second-order valence-corrected chi connectivity index (χ2v) is 9.87. The van der Waals surface area contributed by atoms with Gasteiger partial charge in [0.05, 0.1) is 16.7 Å². The molecule has 0 radical (unpaired) electrons. The predicted molar refractivity (Wildman–Crippen MR) is 153 cm³/mol. The Balaban J connectivity index is 1.52. The first-order valence-corrected chi connectivity index (χ1v) is 13.4. The zero-order chi connectivity index (χ0) is 29.6. The minimum atomic E-state index is -1.25. The van der Waals surface area contributed by atoms with Crippen LogP contribution in [0.15, 0.2) is 102 Å². The van der Waals surface area contributed by atoms with Crippen LogP contribution >= 0.6 is 12.2 Å². The molecule has 1 N–H and O–H groups in total. The van der Waals surface area contributed by atoms with Crippen LogP contribution in [0, 0.1) is 11.7 Å². The molecule has 0 bridgehead atoms. The summed E-state index contributed by atoms with van der Waals surface area (Å²) in [6.07, 6.45) is -3.23. The van der Waals surface area contributed by atoms with Gasteiger partial charge in [-0.05, 0) is 55.5 Å². The highest BCUT2D eigenvalue weighted by Gasteiger charge is 2.51. The fourth-order valence-corrected chi connectivity index (χ4v) is 4.71. The molecular formula is C31H26N2O8S. The van der Waals surface area contributed by atoms with E-state index < -0.39 is 48.0 Å². The van der Waals surface area contributed by atoms with Crippen LogP contribution in [0.2, 0.25) is 0 Å². The first-order valence-electron chi connectivity index (χ1n) is 13.0. The number of carbonyl (C=O) groups is 3. The Morgan fingerprint density at radius 1 is 0.786 bits per heavy atom. The summed E-state index contributed by atoms with van der Waals surface area (Å²) in [6.45, 7) is 1.24. The number of esters is 3. The Kier molecular flexibility index (Phi) is 8.70. The summed E-state index contributed by atoms with van der Waals surface area (Å²) in [5, 5.41) is 0. The van der Waals surface area contributed by atoms with Gasteiger partial charge in [-0.3, -0.25) is 14.3 Å². The van der Waals surface area contributed by atoms with Gasteiger partial charge in [0, 0.05) is 11.8 Å². The molecule has 1 aromatic heterocycles. The highest BCUT2D eigenvalue weighted by molar-refractivity contribution is 7.71. The van der Waals surface area contributed by atoms with Crippen LogP contribution in [0.1, 0.15) is 42.9 Å². The molecule has 5 rings (SSSR count). The quantitative estimate of drug-likeness (QED) is 0.181. The number of aromatic amines is 1. The minimum absolute atomic E-state index is 0.00794. The van der Waals surface area contributed by atoms with E-state index in [1.54, 1.807) is 97.9 Å². The van der Waals surface area contributed by atoms with E-state index in [9.17, 15) is 19.2 Å². The van der Waals surface area contributed by atoms with Crippen molar-refractivity contribution in [1.29, 1.82) is 0 Å². The van der Waals surface area contributed by atoms with Gasteiger partial charge in [0.15, 0.2) is 23.2 Å². The number of aromatic nitrogens is 2. The summed E-state index contributed by atoms with van der Waals surface area (Å²) < 4.78 is 25.0. The van der Waals surface area contributed by atoms with Crippen molar-refractivity contribution < 1.29 is 33.3 Å². The maximum Gasteiger partial charge on any atom is 0.338 e. The van der Waals surface area contributed by atoms with Gasteiger partial charge in [-0.2, -0.15) is 0 Å². The SMILES string of the molecule is Cc1cn([C@@H]2O[C@H](COC(=O)c3ccccc3)[C@@H](OC(=O)c3ccccc3)[C@H]2OC(=O)c2ccccc2)c(=S)[nH]c1=O. The fourth-order valence-electron chi connectivity index (χ4n) is 4.46. The lowest BCUT2D eigenvalue weighted by Gasteiger charge is -2.25. The first kappa shape index (κ1) is 28.7. The normalized spacial score (nSPS) is 19.5. The molecule has 1 saturated heterocycles. The number of H-pyrrole nitrogens is 1. The van der Waals surface area contributed by atoms with Gasteiger partial charge >= 0.3 is 17.9 Å². The van der Waals surface area contributed by atoms with Gasteiger partial charge in [0.25, 0.3) is 5.56 Å². The van der Waals surface area contributed by atoms with Crippen molar-refractivity contribution in [2.24, 2.45) is 0 Å². The molecule has 0 unspecified atom stereocenters. The standard InChI is InChI=1S/C31H26N2O8S/c1-19-17-33(31(42)32-26(19)34)27-25(41-30(37)22-15-9-4-10-16-22)24(40-29(36)21-13-7-3-8-14-21)23(39-27)18-38-28(35)20-11-5-2-6-12-20/h2-17,23-25,27H,18H2,1H3,(H,32,34,42)/t23-,24-,25-,27-/m1/s1. The number of ether oxygens (including phenoxy) is 4. The lowest BCUT2D eigenvalue weighted by Crippen LogP contribution is -2.41. The van der Waals surface area contributed by atoms with Crippen molar-refractivity contribution in [3.8, 4) is 0 Å². The topological polar surface area (TPSA) is 126 Å². The minimum Gasteiger partial charge on any atom is -0.459 e. The van der Waals surface area contributed by atoms with E-state index in [4.69, 9.17) is 31.2 Å². The van der Waals surface area contributed by atoms with Crippen molar-refractivity contribution >= 4 is 30.1 Å².